The zero-order valence-corrected chi connectivity index (χ0v) is 11.9. The van der Waals surface area contributed by atoms with Gasteiger partial charge < -0.3 is 9.84 Å². The Hall–Kier alpha value is -1.46. The lowest BCUT2D eigenvalue weighted by Crippen LogP contribution is -2.24. The number of likely N-dealkylation sites (N-methyl/N-ethyl adjacent to an activating group) is 1. The highest BCUT2D eigenvalue weighted by Gasteiger charge is 2.12. The van der Waals surface area contributed by atoms with E-state index in [1.807, 2.05) is 14.0 Å². The van der Waals surface area contributed by atoms with E-state index >= 15 is 0 Å². The molecule has 19 heavy (non-hydrogen) atoms. The van der Waals surface area contributed by atoms with Crippen LogP contribution in [0.4, 0.5) is 4.39 Å². The first-order valence-electron chi connectivity index (χ1n) is 5.86. The summed E-state index contributed by atoms with van der Waals surface area (Å²) in [4.78, 5) is 4.25. The lowest BCUT2D eigenvalue weighted by Gasteiger charge is -2.04. The van der Waals surface area contributed by atoms with Gasteiger partial charge in [0.1, 0.15) is 5.82 Å². The molecule has 6 heteroatoms. The maximum absolute atomic E-state index is 13.4. The van der Waals surface area contributed by atoms with Crippen molar-refractivity contribution in [2.75, 3.05) is 7.05 Å². The third kappa shape index (κ3) is 3.75. The highest BCUT2D eigenvalue weighted by molar-refractivity contribution is 5.85. The highest BCUT2D eigenvalue weighted by atomic mass is 35.5. The van der Waals surface area contributed by atoms with Crippen LogP contribution in [0.15, 0.2) is 22.7 Å². The molecule has 0 radical (unpaired) electrons. The minimum absolute atomic E-state index is 0. The van der Waals surface area contributed by atoms with E-state index in [1.54, 1.807) is 19.1 Å². The first-order valence-corrected chi connectivity index (χ1v) is 5.86. The Bertz CT molecular complexity index is 544. The number of rotatable bonds is 4. The molecule has 1 unspecified atom stereocenters. The second-order valence-electron chi connectivity index (χ2n) is 4.37. The second-order valence-corrected chi connectivity index (χ2v) is 4.37. The maximum atomic E-state index is 13.4. The van der Waals surface area contributed by atoms with E-state index in [4.69, 9.17) is 4.52 Å². The van der Waals surface area contributed by atoms with Crippen molar-refractivity contribution in [2.24, 2.45) is 0 Å². The van der Waals surface area contributed by atoms with Gasteiger partial charge in [-0.25, -0.2) is 4.39 Å². The molecule has 0 saturated heterocycles. The van der Waals surface area contributed by atoms with Gasteiger partial charge in [0.05, 0.1) is 0 Å². The summed E-state index contributed by atoms with van der Waals surface area (Å²) in [5.74, 6) is 0.705. The van der Waals surface area contributed by atoms with Gasteiger partial charge in [-0.3, -0.25) is 0 Å². The number of nitrogens with zero attached hydrogens (tertiary/aromatic N) is 2. The summed E-state index contributed by atoms with van der Waals surface area (Å²) in [6.07, 6.45) is 0.675. The molecule has 0 saturated carbocycles. The van der Waals surface area contributed by atoms with Gasteiger partial charge in [-0.1, -0.05) is 11.2 Å². The van der Waals surface area contributed by atoms with Crippen LogP contribution >= 0.6 is 12.4 Å². The molecule has 0 aliphatic carbocycles. The van der Waals surface area contributed by atoms with Crippen LogP contribution in [-0.2, 0) is 6.42 Å². The Morgan fingerprint density at radius 1 is 1.42 bits per heavy atom. The first-order chi connectivity index (χ1) is 8.60. The molecule has 0 spiro atoms. The number of hydrogen-bond acceptors (Lipinski definition) is 4. The number of benzene rings is 1. The van der Waals surface area contributed by atoms with Crippen molar-refractivity contribution >= 4 is 12.4 Å². The fraction of sp³-hybridized carbons (Fsp3) is 0.385. The van der Waals surface area contributed by atoms with E-state index in [9.17, 15) is 4.39 Å². The monoisotopic (exact) mass is 285 g/mol. The third-order valence-electron chi connectivity index (χ3n) is 2.87. The zero-order chi connectivity index (χ0) is 13.1. The average molecular weight is 286 g/mol. The van der Waals surface area contributed by atoms with Crippen LogP contribution in [-0.4, -0.2) is 23.2 Å². The van der Waals surface area contributed by atoms with E-state index < -0.39 is 0 Å². The molecule has 2 rings (SSSR count). The van der Waals surface area contributed by atoms with Crippen LogP contribution in [0.5, 0.6) is 0 Å². The molecule has 2 aromatic rings. The Morgan fingerprint density at radius 2 is 2.16 bits per heavy atom. The number of aryl methyl sites for hydroxylation is 1. The maximum Gasteiger partial charge on any atom is 0.258 e. The van der Waals surface area contributed by atoms with Crippen molar-refractivity contribution in [3.63, 3.8) is 0 Å². The summed E-state index contributed by atoms with van der Waals surface area (Å²) < 4.78 is 18.6. The van der Waals surface area contributed by atoms with Gasteiger partial charge in [-0.15, -0.1) is 12.4 Å². The molecule has 1 aromatic heterocycles. The number of hydrogen-bond donors (Lipinski definition) is 1. The second kappa shape index (κ2) is 6.63. The Morgan fingerprint density at radius 3 is 2.79 bits per heavy atom. The van der Waals surface area contributed by atoms with Crippen molar-refractivity contribution in [3.05, 3.63) is 35.4 Å². The molecular formula is C13H17ClFN3O. The summed E-state index contributed by atoms with van der Waals surface area (Å²) in [7, 11) is 1.88. The van der Waals surface area contributed by atoms with Gasteiger partial charge in [0, 0.05) is 18.0 Å². The number of aromatic nitrogens is 2. The minimum Gasteiger partial charge on any atom is -0.334 e. The van der Waals surface area contributed by atoms with Crippen molar-refractivity contribution in [2.45, 2.75) is 26.3 Å². The molecule has 1 aromatic carbocycles. The molecule has 1 N–H and O–H groups in total. The first kappa shape index (κ1) is 15.6. The number of nitrogens with one attached hydrogen (secondary N) is 1. The van der Waals surface area contributed by atoms with Crippen LogP contribution < -0.4 is 5.32 Å². The predicted octanol–water partition coefficient (Wildman–Crippen LogP) is 2.76. The molecular weight excluding hydrogens is 269 g/mol. The fourth-order valence-corrected chi connectivity index (χ4v) is 1.56. The van der Waals surface area contributed by atoms with Crippen LogP contribution in [0, 0.1) is 12.7 Å². The van der Waals surface area contributed by atoms with Gasteiger partial charge in [0.2, 0.25) is 0 Å². The molecule has 0 fully saturated rings. The highest BCUT2D eigenvalue weighted by Crippen LogP contribution is 2.20. The topological polar surface area (TPSA) is 51.0 Å². The van der Waals surface area contributed by atoms with Gasteiger partial charge in [0.25, 0.3) is 5.89 Å². The van der Waals surface area contributed by atoms with Gasteiger partial charge >= 0.3 is 0 Å². The molecule has 0 amide bonds. The lowest BCUT2D eigenvalue weighted by molar-refractivity contribution is 0.418. The molecule has 4 nitrogen and oxygen atoms in total. The lowest BCUT2D eigenvalue weighted by atomic mass is 10.1. The molecule has 1 heterocycles. The largest absolute Gasteiger partial charge is 0.334 e. The Balaban J connectivity index is 0.00000180. The van der Waals surface area contributed by atoms with Crippen molar-refractivity contribution in [1.82, 2.24) is 15.5 Å². The molecule has 104 valence electrons. The van der Waals surface area contributed by atoms with E-state index in [0.29, 0.717) is 29.3 Å². The van der Waals surface area contributed by atoms with Gasteiger partial charge in [-0.2, -0.15) is 4.98 Å². The summed E-state index contributed by atoms with van der Waals surface area (Å²) in [5.41, 5.74) is 1.20. The van der Waals surface area contributed by atoms with E-state index in [0.717, 1.165) is 0 Å². The minimum atomic E-state index is -0.268. The van der Waals surface area contributed by atoms with E-state index in [2.05, 4.69) is 15.5 Å². The summed E-state index contributed by atoms with van der Waals surface area (Å²) in [6.45, 7) is 3.74. The van der Waals surface area contributed by atoms with Crippen molar-refractivity contribution in [3.8, 4) is 11.5 Å². The predicted molar refractivity (Wildman–Crippen MR) is 73.9 cm³/mol. The quantitative estimate of drug-likeness (QED) is 0.938. The fourth-order valence-electron chi connectivity index (χ4n) is 1.56. The third-order valence-corrected chi connectivity index (χ3v) is 2.87. The zero-order valence-electron chi connectivity index (χ0n) is 11.1. The smallest absolute Gasteiger partial charge is 0.258 e. The Kier molecular flexibility index (Phi) is 5.44. The van der Waals surface area contributed by atoms with Gasteiger partial charge in [-0.05, 0) is 38.6 Å². The normalized spacial score (nSPS) is 12.0. The van der Waals surface area contributed by atoms with Crippen molar-refractivity contribution < 1.29 is 8.91 Å². The summed E-state index contributed by atoms with van der Waals surface area (Å²) >= 11 is 0. The summed E-state index contributed by atoms with van der Waals surface area (Å²) in [6, 6.07) is 5.15. The van der Waals surface area contributed by atoms with E-state index in [1.165, 1.54) is 6.07 Å². The van der Waals surface area contributed by atoms with Crippen LogP contribution in [0.3, 0.4) is 0 Å². The molecule has 1 atom stereocenters. The van der Waals surface area contributed by atoms with Crippen LogP contribution in [0.1, 0.15) is 18.3 Å². The molecule has 0 bridgehead atoms. The SMILES string of the molecule is CNC(C)Cc1noc(-c2ccc(C)c(F)c2)n1.Cl. The van der Waals surface area contributed by atoms with Crippen LogP contribution in [0.25, 0.3) is 11.5 Å². The molecule has 0 aliphatic heterocycles. The Labute approximate surface area is 117 Å². The standard InChI is InChI=1S/C13H16FN3O.ClH/c1-8-4-5-10(7-11(8)14)13-16-12(17-18-13)6-9(2)15-3;/h4-5,7,9,15H,6H2,1-3H3;1H. The van der Waals surface area contributed by atoms with E-state index in [-0.39, 0.29) is 24.3 Å². The number of halogens is 2. The van der Waals surface area contributed by atoms with Gasteiger partial charge in [0.15, 0.2) is 5.82 Å². The average Bonchev–Trinajstić information content (AvgIpc) is 2.81. The van der Waals surface area contributed by atoms with Crippen molar-refractivity contribution in [1.29, 1.82) is 0 Å². The summed E-state index contributed by atoms with van der Waals surface area (Å²) in [5, 5.41) is 6.98. The van der Waals surface area contributed by atoms with Crippen LogP contribution in [0.2, 0.25) is 0 Å². The molecule has 0 aliphatic rings.